The van der Waals surface area contributed by atoms with E-state index in [-0.39, 0.29) is 23.4 Å². The lowest BCUT2D eigenvalue weighted by molar-refractivity contribution is -0.120. The minimum atomic E-state index is -1.37. The zero-order valence-corrected chi connectivity index (χ0v) is 14.7. The molecule has 2 atom stereocenters. The lowest BCUT2D eigenvalue weighted by atomic mass is 9.96. The smallest absolute Gasteiger partial charge is 0.201 e. The van der Waals surface area contributed by atoms with Gasteiger partial charge in [-0.05, 0) is 33.1 Å². The number of ketones is 1. The van der Waals surface area contributed by atoms with Crippen molar-refractivity contribution in [3.8, 4) is 0 Å². The molecule has 0 aliphatic heterocycles. The molecule has 1 saturated carbocycles. The number of carbonyl (C=O) groups is 1. The molecule has 0 bridgehead atoms. The molecule has 0 N–H and O–H groups in total. The largest absolute Gasteiger partial charge is 0.369 e. The second-order valence-electron chi connectivity index (χ2n) is 6.86. The molecular formula is C16H28Cl2O2. The number of hydrogen-bond donors (Lipinski definition) is 0. The maximum absolute atomic E-state index is 12.0. The summed E-state index contributed by atoms with van der Waals surface area (Å²) >= 11 is 12.5. The van der Waals surface area contributed by atoms with E-state index < -0.39 is 4.33 Å². The van der Waals surface area contributed by atoms with Gasteiger partial charge in [-0.15, -0.1) is 0 Å². The van der Waals surface area contributed by atoms with E-state index in [1.54, 1.807) is 0 Å². The SMILES string of the molecule is CCCCCCC[C@H]1CC(=O)C(Cl)(Cl)[C@H]1OC(C)(C)C. The van der Waals surface area contributed by atoms with E-state index in [9.17, 15) is 4.79 Å². The zero-order chi connectivity index (χ0) is 15.4. The van der Waals surface area contributed by atoms with Crippen LogP contribution in [0.15, 0.2) is 0 Å². The van der Waals surface area contributed by atoms with Crippen LogP contribution in [0.2, 0.25) is 0 Å². The molecule has 1 aliphatic rings. The fourth-order valence-electron chi connectivity index (χ4n) is 2.75. The number of ether oxygens (including phenoxy) is 1. The van der Waals surface area contributed by atoms with Crippen LogP contribution < -0.4 is 0 Å². The van der Waals surface area contributed by atoms with Gasteiger partial charge in [0.2, 0.25) is 4.33 Å². The van der Waals surface area contributed by atoms with Crippen molar-refractivity contribution in [2.24, 2.45) is 5.92 Å². The van der Waals surface area contributed by atoms with Gasteiger partial charge >= 0.3 is 0 Å². The third-order valence-corrected chi connectivity index (χ3v) is 4.62. The molecule has 0 spiro atoms. The maximum Gasteiger partial charge on any atom is 0.201 e. The van der Waals surface area contributed by atoms with Crippen molar-refractivity contribution in [3.63, 3.8) is 0 Å². The van der Waals surface area contributed by atoms with E-state index in [1.807, 2.05) is 20.8 Å². The summed E-state index contributed by atoms with van der Waals surface area (Å²) < 4.78 is 4.62. The topological polar surface area (TPSA) is 26.3 Å². The highest BCUT2D eigenvalue weighted by molar-refractivity contribution is 6.59. The first kappa shape index (κ1) is 18.3. The summed E-state index contributed by atoms with van der Waals surface area (Å²) in [7, 11) is 0. The Morgan fingerprint density at radius 2 is 1.80 bits per heavy atom. The van der Waals surface area contributed by atoms with Crippen LogP contribution in [0.25, 0.3) is 0 Å². The third-order valence-electron chi connectivity index (χ3n) is 3.76. The Bertz CT molecular complexity index is 321. The Hall–Kier alpha value is 0.210. The van der Waals surface area contributed by atoms with Crippen molar-refractivity contribution in [2.75, 3.05) is 0 Å². The van der Waals surface area contributed by atoms with Crippen molar-refractivity contribution in [1.82, 2.24) is 0 Å². The molecule has 0 aromatic carbocycles. The summed E-state index contributed by atoms with van der Waals surface area (Å²) in [5, 5.41) is 0. The first-order valence-corrected chi connectivity index (χ1v) is 8.53. The average Bonchev–Trinajstić information content (AvgIpc) is 2.51. The van der Waals surface area contributed by atoms with Gasteiger partial charge in [0.15, 0.2) is 5.78 Å². The predicted molar refractivity (Wildman–Crippen MR) is 85.6 cm³/mol. The molecule has 0 heterocycles. The molecule has 1 aliphatic carbocycles. The van der Waals surface area contributed by atoms with Crippen LogP contribution in [0.3, 0.4) is 0 Å². The molecule has 0 saturated heterocycles. The highest BCUT2D eigenvalue weighted by Crippen LogP contribution is 2.45. The Labute approximate surface area is 133 Å². The second-order valence-corrected chi connectivity index (χ2v) is 8.25. The third kappa shape index (κ3) is 5.20. The van der Waals surface area contributed by atoms with Crippen molar-refractivity contribution in [2.45, 2.75) is 88.7 Å². The summed E-state index contributed by atoms with van der Waals surface area (Å²) in [6, 6.07) is 0. The van der Waals surface area contributed by atoms with Gasteiger partial charge in [-0.2, -0.15) is 0 Å². The fourth-order valence-corrected chi connectivity index (χ4v) is 3.35. The number of halogens is 2. The molecule has 20 heavy (non-hydrogen) atoms. The number of rotatable bonds is 7. The van der Waals surface area contributed by atoms with Crippen molar-refractivity contribution < 1.29 is 9.53 Å². The van der Waals surface area contributed by atoms with Gasteiger partial charge in [-0.25, -0.2) is 0 Å². The van der Waals surface area contributed by atoms with E-state index in [4.69, 9.17) is 27.9 Å². The van der Waals surface area contributed by atoms with Crippen LogP contribution >= 0.6 is 23.2 Å². The van der Waals surface area contributed by atoms with Crippen LogP contribution in [-0.2, 0) is 9.53 Å². The molecular weight excluding hydrogens is 295 g/mol. The highest BCUT2D eigenvalue weighted by atomic mass is 35.5. The number of hydrogen-bond acceptors (Lipinski definition) is 2. The van der Waals surface area contributed by atoms with E-state index in [0.29, 0.717) is 6.42 Å². The number of carbonyl (C=O) groups excluding carboxylic acids is 1. The Kier molecular flexibility index (Phi) is 6.82. The lowest BCUT2D eigenvalue weighted by Gasteiger charge is -2.33. The fraction of sp³-hybridized carbons (Fsp3) is 0.938. The summed E-state index contributed by atoms with van der Waals surface area (Å²) in [5.74, 6) is 0.0620. The normalized spacial score (nSPS) is 26.2. The number of alkyl halides is 2. The van der Waals surface area contributed by atoms with Crippen LogP contribution in [0, 0.1) is 5.92 Å². The summed E-state index contributed by atoms with van der Waals surface area (Å²) in [6.07, 6.45) is 7.13. The van der Waals surface area contributed by atoms with Gasteiger partial charge in [-0.1, -0.05) is 62.2 Å². The molecule has 118 valence electrons. The minimum absolute atomic E-state index is 0.0892. The van der Waals surface area contributed by atoms with Gasteiger partial charge in [0.05, 0.1) is 5.60 Å². The first-order chi connectivity index (χ1) is 9.18. The molecule has 0 amide bonds. The second kappa shape index (κ2) is 7.47. The number of Topliss-reactive ketones (excluding diaryl/α,β-unsaturated/α-hetero) is 1. The van der Waals surface area contributed by atoms with Gasteiger partial charge in [0.25, 0.3) is 0 Å². The van der Waals surface area contributed by atoms with Crippen molar-refractivity contribution >= 4 is 29.0 Å². The van der Waals surface area contributed by atoms with E-state index in [2.05, 4.69) is 6.92 Å². The van der Waals surface area contributed by atoms with Crippen LogP contribution in [0.1, 0.15) is 72.6 Å². The quantitative estimate of drug-likeness (QED) is 0.470. The van der Waals surface area contributed by atoms with E-state index >= 15 is 0 Å². The highest BCUT2D eigenvalue weighted by Gasteiger charge is 2.54. The molecule has 4 heteroatoms. The predicted octanol–water partition coefficient (Wildman–Crippen LogP) is 5.29. The molecule has 2 nitrogen and oxygen atoms in total. The summed E-state index contributed by atoms with van der Waals surface area (Å²) in [4.78, 5) is 12.0. The Balaban J connectivity index is 2.57. The van der Waals surface area contributed by atoms with Crippen LogP contribution in [0.5, 0.6) is 0 Å². The van der Waals surface area contributed by atoms with Gasteiger partial charge in [0, 0.05) is 6.42 Å². The standard InChI is InChI=1S/C16H28Cl2O2/c1-5-6-7-8-9-10-12-11-13(19)16(17,18)14(12)20-15(2,3)4/h12,14H,5-11H2,1-4H3/t12-,14-/m0/s1. The van der Waals surface area contributed by atoms with E-state index in [0.717, 1.165) is 12.8 Å². The van der Waals surface area contributed by atoms with Gasteiger partial charge in [-0.3, -0.25) is 4.79 Å². The van der Waals surface area contributed by atoms with Gasteiger partial charge in [0.1, 0.15) is 6.10 Å². The Morgan fingerprint density at radius 1 is 1.20 bits per heavy atom. The molecule has 0 radical (unpaired) electrons. The Morgan fingerprint density at radius 3 is 2.35 bits per heavy atom. The average molecular weight is 323 g/mol. The van der Waals surface area contributed by atoms with Crippen molar-refractivity contribution in [3.05, 3.63) is 0 Å². The van der Waals surface area contributed by atoms with Crippen molar-refractivity contribution in [1.29, 1.82) is 0 Å². The maximum atomic E-state index is 12.0. The monoisotopic (exact) mass is 322 g/mol. The number of unbranched alkanes of at least 4 members (excludes halogenated alkanes) is 4. The zero-order valence-electron chi connectivity index (χ0n) is 13.2. The summed E-state index contributed by atoms with van der Waals surface area (Å²) in [6.45, 7) is 8.12. The van der Waals surface area contributed by atoms with Crippen LogP contribution in [0.4, 0.5) is 0 Å². The first-order valence-electron chi connectivity index (χ1n) is 7.77. The molecule has 1 fully saturated rings. The molecule has 0 unspecified atom stereocenters. The van der Waals surface area contributed by atoms with Crippen LogP contribution in [-0.4, -0.2) is 21.8 Å². The molecule has 0 aromatic rings. The lowest BCUT2D eigenvalue weighted by Crippen LogP contribution is -2.41. The van der Waals surface area contributed by atoms with Gasteiger partial charge < -0.3 is 4.74 Å². The van der Waals surface area contributed by atoms with E-state index in [1.165, 1.54) is 25.7 Å². The molecule has 0 aromatic heterocycles. The summed E-state index contributed by atoms with van der Waals surface area (Å²) in [5.41, 5.74) is -0.342. The minimum Gasteiger partial charge on any atom is -0.369 e. The molecule has 1 rings (SSSR count).